The summed E-state index contributed by atoms with van der Waals surface area (Å²) in [7, 11) is -5.07. The van der Waals surface area contributed by atoms with Crippen LogP contribution in [0.1, 0.15) is 68.0 Å². The molecule has 0 radical (unpaired) electrons. The fourth-order valence-corrected chi connectivity index (χ4v) is 5.58. The normalized spacial score (nSPS) is 20.9. The topological polar surface area (TPSA) is 232 Å². The minimum atomic E-state index is -5.07. The van der Waals surface area contributed by atoms with Gasteiger partial charge in [-0.25, -0.2) is 23.7 Å². The van der Waals surface area contributed by atoms with Gasteiger partial charge in [0.05, 0.1) is 12.6 Å². The highest BCUT2D eigenvalue weighted by Crippen LogP contribution is 2.27. The average molecular weight is 691 g/mol. The summed E-state index contributed by atoms with van der Waals surface area (Å²) in [6.07, 6.45) is -2.13. The quantitative estimate of drug-likeness (QED) is 0.0793. The smallest absolute Gasteiger partial charge is 0.413 e. The number of carbonyl (C=O) groups excluding carboxylic acids is 5. The molecular formula is C26H38N6O12S2. The Kier molecular flexibility index (Phi) is 10.3. The summed E-state index contributed by atoms with van der Waals surface area (Å²) < 4.78 is 49.3. The molecule has 0 aromatic carbocycles. The first-order valence-corrected chi connectivity index (χ1v) is 16.2. The van der Waals surface area contributed by atoms with Crippen LogP contribution in [0.5, 0.6) is 0 Å². The van der Waals surface area contributed by atoms with Gasteiger partial charge in [-0.3, -0.25) is 19.5 Å². The molecule has 0 spiro atoms. The second kappa shape index (κ2) is 13.0. The largest absolute Gasteiger partial charge is 0.457 e. The Morgan fingerprint density at radius 2 is 1.72 bits per heavy atom. The Morgan fingerprint density at radius 1 is 1.11 bits per heavy atom. The number of thiazole rings is 1. The highest BCUT2D eigenvalue weighted by Gasteiger charge is 2.55. The van der Waals surface area contributed by atoms with Gasteiger partial charge in [-0.05, 0) is 62.3 Å². The lowest BCUT2D eigenvalue weighted by Gasteiger charge is -2.45. The summed E-state index contributed by atoms with van der Waals surface area (Å²) in [4.78, 5) is 74.3. The maximum atomic E-state index is 13.6. The predicted molar refractivity (Wildman–Crippen MR) is 161 cm³/mol. The Hall–Kier alpha value is -4.04. The van der Waals surface area contributed by atoms with Gasteiger partial charge in [0.2, 0.25) is 5.60 Å². The fourth-order valence-electron chi connectivity index (χ4n) is 4.03. The van der Waals surface area contributed by atoms with Gasteiger partial charge in [0, 0.05) is 11.9 Å². The molecule has 1 unspecified atom stereocenters. The molecule has 4 amide bonds. The van der Waals surface area contributed by atoms with Crippen LogP contribution in [0.4, 0.5) is 14.7 Å². The van der Waals surface area contributed by atoms with E-state index in [4.69, 9.17) is 19.0 Å². The minimum Gasteiger partial charge on any atom is -0.457 e. The van der Waals surface area contributed by atoms with E-state index in [-0.39, 0.29) is 21.7 Å². The predicted octanol–water partition coefficient (Wildman–Crippen LogP) is 1.67. The summed E-state index contributed by atoms with van der Waals surface area (Å²) in [5, 5.41) is 9.92. The van der Waals surface area contributed by atoms with Crippen LogP contribution in [0.25, 0.3) is 0 Å². The Morgan fingerprint density at radius 3 is 2.24 bits per heavy atom. The highest BCUT2D eigenvalue weighted by atomic mass is 32.2. The molecule has 2 aliphatic rings. The molecule has 256 valence electrons. The number of amides is 4. The van der Waals surface area contributed by atoms with Crippen molar-refractivity contribution in [1.82, 2.24) is 19.5 Å². The Bertz CT molecular complexity index is 1530. The minimum absolute atomic E-state index is 0.00651. The monoisotopic (exact) mass is 690 g/mol. The first kappa shape index (κ1) is 36.4. The zero-order chi connectivity index (χ0) is 35.0. The number of nitrogens with one attached hydrogen (secondary N) is 2. The third kappa shape index (κ3) is 9.25. The van der Waals surface area contributed by atoms with E-state index in [1.165, 1.54) is 19.2 Å². The molecule has 1 aromatic rings. The molecule has 18 nitrogen and oxygen atoms in total. The van der Waals surface area contributed by atoms with Gasteiger partial charge in [0.15, 0.2) is 10.8 Å². The molecule has 3 atom stereocenters. The van der Waals surface area contributed by atoms with E-state index in [1.807, 2.05) is 0 Å². The van der Waals surface area contributed by atoms with Crippen LogP contribution in [-0.2, 0) is 43.7 Å². The van der Waals surface area contributed by atoms with Crippen molar-refractivity contribution < 1.29 is 56.0 Å². The van der Waals surface area contributed by atoms with Crippen molar-refractivity contribution in [3.63, 3.8) is 0 Å². The lowest BCUT2D eigenvalue weighted by Crippen LogP contribution is -2.74. The number of rotatable bonds is 10. The number of ether oxygens (including phenoxy) is 3. The molecule has 0 bridgehead atoms. The SMILES string of the molecule is CC1CN(C[C@@H]2[C@H](NC(=O)C(=NOC(C)(C)C(=O)OC(C)(C)C)c3csc(NC(=O)OC(C)(C)C)n3)C(=O)N2S(=O)(=O)O)C(=O)O1. The second-order valence-corrected chi connectivity index (χ2v) is 15.1. The lowest BCUT2D eigenvalue weighted by atomic mass is 9.97. The van der Waals surface area contributed by atoms with Crippen LogP contribution in [0, 0.1) is 0 Å². The first-order valence-electron chi connectivity index (χ1n) is 13.9. The molecule has 3 heterocycles. The number of hydrogen-bond acceptors (Lipinski definition) is 14. The average Bonchev–Trinajstić information content (AvgIpc) is 3.44. The van der Waals surface area contributed by atoms with Crippen molar-refractivity contribution in [2.75, 3.05) is 18.4 Å². The van der Waals surface area contributed by atoms with Gasteiger partial charge in [0.1, 0.15) is 29.0 Å². The van der Waals surface area contributed by atoms with Crippen molar-refractivity contribution in [1.29, 1.82) is 0 Å². The number of anilines is 1. The second-order valence-electron chi connectivity index (χ2n) is 12.9. The van der Waals surface area contributed by atoms with E-state index >= 15 is 0 Å². The third-order valence-electron chi connectivity index (χ3n) is 5.97. The molecule has 0 aliphatic carbocycles. The van der Waals surface area contributed by atoms with E-state index in [1.54, 1.807) is 48.5 Å². The van der Waals surface area contributed by atoms with E-state index in [0.717, 1.165) is 16.2 Å². The molecule has 1 aromatic heterocycles. The number of aromatic nitrogens is 1. The Balaban J connectivity index is 1.92. The van der Waals surface area contributed by atoms with Gasteiger partial charge < -0.3 is 29.3 Å². The molecule has 2 fully saturated rings. The zero-order valence-corrected chi connectivity index (χ0v) is 28.4. The van der Waals surface area contributed by atoms with E-state index in [9.17, 15) is 36.9 Å². The molecule has 2 saturated heterocycles. The molecular weight excluding hydrogens is 652 g/mol. The van der Waals surface area contributed by atoms with E-state index < -0.39 is 87.5 Å². The standard InChI is InChI=1S/C26H38N6O12S2/c1-13-10-31(23(37)41-13)11-15-17(19(34)32(15)46(38,39)40)28-18(33)16(30-44-26(8,9)20(35)42-24(2,3)4)14-12-45-21(27-14)29-22(36)43-25(5,6)7/h12-13,15,17H,10-11H2,1-9H3,(H,28,33)(H,27,29,36)(H,38,39,40)/t13?,15-,17+/m1/s1. The summed E-state index contributed by atoms with van der Waals surface area (Å²) in [6, 6.07) is -2.97. The van der Waals surface area contributed by atoms with E-state index in [2.05, 4.69) is 20.8 Å². The van der Waals surface area contributed by atoms with Gasteiger partial charge in [-0.15, -0.1) is 11.3 Å². The van der Waals surface area contributed by atoms with Gasteiger partial charge in [0.25, 0.3) is 11.8 Å². The van der Waals surface area contributed by atoms with Crippen molar-refractivity contribution in [3.05, 3.63) is 11.1 Å². The van der Waals surface area contributed by atoms with Gasteiger partial charge in [-0.2, -0.15) is 8.42 Å². The number of β-lactam (4-membered cyclic amide) rings is 1. The third-order valence-corrected chi connectivity index (χ3v) is 7.68. The van der Waals surface area contributed by atoms with Gasteiger partial charge in [-0.1, -0.05) is 5.16 Å². The lowest BCUT2D eigenvalue weighted by molar-refractivity contribution is -0.179. The van der Waals surface area contributed by atoms with Crippen molar-refractivity contribution in [2.24, 2.45) is 5.16 Å². The van der Waals surface area contributed by atoms with Crippen LogP contribution in [0.15, 0.2) is 10.5 Å². The van der Waals surface area contributed by atoms with Crippen molar-refractivity contribution in [3.8, 4) is 0 Å². The van der Waals surface area contributed by atoms with Crippen molar-refractivity contribution >= 4 is 62.5 Å². The number of nitrogens with zero attached hydrogens (tertiary/aromatic N) is 4. The van der Waals surface area contributed by atoms with Crippen LogP contribution < -0.4 is 10.6 Å². The molecule has 3 rings (SSSR count). The Labute approximate surface area is 269 Å². The van der Waals surface area contributed by atoms with Crippen LogP contribution >= 0.6 is 11.3 Å². The maximum absolute atomic E-state index is 13.6. The fraction of sp³-hybridized carbons (Fsp3) is 0.654. The first-order chi connectivity index (χ1) is 20.9. The number of esters is 1. The van der Waals surface area contributed by atoms with Crippen molar-refractivity contribution in [2.45, 2.75) is 97.3 Å². The van der Waals surface area contributed by atoms with Crippen LogP contribution in [0.2, 0.25) is 0 Å². The summed E-state index contributed by atoms with van der Waals surface area (Å²) in [6.45, 7) is 13.8. The zero-order valence-electron chi connectivity index (χ0n) is 26.8. The molecule has 0 saturated carbocycles. The summed E-state index contributed by atoms with van der Waals surface area (Å²) in [5.41, 5.74) is -4.16. The van der Waals surface area contributed by atoms with E-state index in [0.29, 0.717) is 0 Å². The number of carbonyl (C=O) groups is 5. The molecule has 46 heavy (non-hydrogen) atoms. The molecule has 20 heteroatoms. The number of hydrogen-bond donors (Lipinski definition) is 3. The van der Waals surface area contributed by atoms with Gasteiger partial charge >= 0.3 is 28.5 Å². The number of oxime groups is 1. The highest BCUT2D eigenvalue weighted by molar-refractivity contribution is 7.84. The van der Waals surface area contributed by atoms with Crippen LogP contribution in [0.3, 0.4) is 0 Å². The number of cyclic esters (lactones) is 1. The van der Waals surface area contributed by atoms with Crippen LogP contribution in [-0.4, -0.2) is 111 Å². The molecule has 3 N–H and O–H groups in total. The molecule has 2 aliphatic heterocycles. The maximum Gasteiger partial charge on any atom is 0.413 e. The summed E-state index contributed by atoms with van der Waals surface area (Å²) >= 11 is 0.886. The summed E-state index contributed by atoms with van der Waals surface area (Å²) in [5.74, 6) is -3.12.